The van der Waals surface area contributed by atoms with Crippen molar-refractivity contribution in [1.29, 1.82) is 0 Å². The molecule has 2 rings (SSSR count). The maximum absolute atomic E-state index is 1.58. The van der Waals surface area contributed by atoms with Crippen LogP contribution in [0.4, 0.5) is 0 Å². The van der Waals surface area contributed by atoms with Crippen LogP contribution in [0.3, 0.4) is 0 Å². The lowest BCUT2D eigenvalue weighted by atomic mass is 10.0. The molecule has 34 valence electrons. The summed E-state index contributed by atoms with van der Waals surface area (Å²) in [6, 6.07) is 0. The molecule has 2 fully saturated rings. The van der Waals surface area contributed by atoms with E-state index >= 15 is 0 Å². The molecule has 0 aliphatic heterocycles. The van der Waals surface area contributed by atoms with E-state index in [4.69, 9.17) is 0 Å². The third-order valence-electron chi connectivity index (χ3n) is 2.59. The molecule has 0 heterocycles. The quantitative estimate of drug-likeness (QED) is 0.379. The van der Waals surface area contributed by atoms with Crippen LogP contribution in [-0.4, -0.2) is 10.2 Å². The average molecular weight is 98.2 g/mol. The number of rotatable bonds is 0. The van der Waals surface area contributed by atoms with Gasteiger partial charge in [0.25, 0.3) is 0 Å². The second kappa shape index (κ2) is 0.737. The SMILES string of the molecule is [SiH3]C1C2CCC12. The van der Waals surface area contributed by atoms with Crippen molar-refractivity contribution in [2.45, 2.75) is 18.4 Å². The standard InChI is InChI=1S/C5H10Si/c6-5-3-1-2-4(3)5/h3-5H,1-2H2,6H3. The number of fused-ring (bicyclic) bond motifs is 1. The Labute approximate surface area is 41.4 Å². The van der Waals surface area contributed by atoms with E-state index in [0.29, 0.717) is 0 Å². The first-order chi connectivity index (χ1) is 2.89. The van der Waals surface area contributed by atoms with Crippen molar-refractivity contribution in [2.24, 2.45) is 11.8 Å². The molecular formula is C5H10Si. The van der Waals surface area contributed by atoms with Gasteiger partial charge in [-0.25, -0.2) is 0 Å². The first-order valence-electron chi connectivity index (χ1n) is 2.89. The fourth-order valence-corrected chi connectivity index (χ4v) is 3.15. The molecule has 1 heteroatoms. The molecule has 2 aliphatic rings. The van der Waals surface area contributed by atoms with E-state index in [0.717, 1.165) is 0 Å². The van der Waals surface area contributed by atoms with E-state index in [9.17, 15) is 0 Å². The molecule has 0 aromatic rings. The van der Waals surface area contributed by atoms with E-state index in [-0.39, 0.29) is 0 Å². The molecule has 2 aliphatic carbocycles. The molecule has 0 amide bonds. The zero-order valence-electron chi connectivity index (χ0n) is 4.15. The highest BCUT2D eigenvalue weighted by atomic mass is 28.1. The molecule has 2 atom stereocenters. The summed E-state index contributed by atoms with van der Waals surface area (Å²) in [6.45, 7) is 0. The van der Waals surface area contributed by atoms with Crippen LogP contribution in [0.1, 0.15) is 12.8 Å². The second-order valence-electron chi connectivity index (χ2n) is 2.76. The monoisotopic (exact) mass is 98.1 g/mol. The Morgan fingerprint density at radius 1 is 1.17 bits per heavy atom. The van der Waals surface area contributed by atoms with Crippen molar-refractivity contribution >= 4 is 10.2 Å². The molecule has 0 saturated heterocycles. The van der Waals surface area contributed by atoms with Crippen LogP contribution in [0.25, 0.3) is 0 Å². The molecule has 0 N–H and O–H groups in total. The van der Waals surface area contributed by atoms with Gasteiger partial charge in [0.2, 0.25) is 0 Å². The maximum Gasteiger partial charge on any atom is 0.00746 e. The Kier molecular flexibility index (Phi) is 0.399. The van der Waals surface area contributed by atoms with Crippen molar-refractivity contribution in [2.75, 3.05) is 0 Å². The summed E-state index contributed by atoms with van der Waals surface area (Å²) in [5, 5.41) is 0. The highest BCUT2D eigenvalue weighted by Crippen LogP contribution is 2.63. The van der Waals surface area contributed by atoms with Crippen molar-refractivity contribution in [3.8, 4) is 0 Å². The maximum atomic E-state index is 1.58. The molecule has 0 aromatic heterocycles. The van der Waals surface area contributed by atoms with Gasteiger partial charge in [0, 0.05) is 10.2 Å². The van der Waals surface area contributed by atoms with Crippen molar-refractivity contribution < 1.29 is 0 Å². The van der Waals surface area contributed by atoms with Crippen LogP contribution in [0.5, 0.6) is 0 Å². The molecule has 0 spiro atoms. The minimum atomic E-state index is 1.26. The summed E-state index contributed by atoms with van der Waals surface area (Å²) in [6.07, 6.45) is 3.16. The Hall–Kier alpha value is 0.217. The lowest BCUT2D eigenvalue weighted by Crippen LogP contribution is -1.93. The second-order valence-corrected chi connectivity index (χ2v) is 4.10. The Morgan fingerprint density at radius 2 is 1.67 bits per heavy atom. The molecule has 6 heavy (non-hydrogen) atoms. The highest BCUT2D eigenvalue weighted by Gasteiger charge is 2.52. The first kappa shape index (κ1) is 3.25. The third kappa shape index (κ3) is 0.188. The molecule has 0 radical (unpaired) electrons. The van der Waals surface area contributed by atoms with Gasteiger partial charge in [0.15, 0.2) is 0 Å². The van der Waals surface area contributed by atoms with Crippen LogP contribution in [0, 0.1) is 11.8 Å². The molecule has 0 bridgehead atoms. The Morgan fingerprint density at radius 3 is 1.67 bits per heavy atom. The normalized spacial score (nSPS) is 63.0. The molecule has 0 nitrogen and oxygen atoms in total. The van der Waals surface area contributed by atoms with Crippen LogP contribution in [0.15, 0.2) is 0 Å². The predicted octanol–water partition coefficient (Wildman–Crippen LogP) is 0.180. The predicted molar refractivity (Wildman–Crippen MR) is 29.9 cm³/mol. The lowest BCUT2D eigenvalue weighted by molar-refractivity contribution is 0.468. The summed E-state index contributed by atoms with van der Waals surface area (Å²) >= 11 is 0. The summed E-state index contributed by atoms with van der Waals surface area (Å²) in [5.41, 5.74) is 1.27. The van der Waals surface area contributed by atoms with Gasteiger partial charge in [-0.05, 0) is 30.2 Å². The van der Waals surface area contributed by atoms with Gasteiger partial charge in [-0.2, -0.15) is 0 Å². The summed E-state index contributed by atoms with van der Waals surface area (Å²) in [4.78, 5) is 0. The van der Waals surface area contributed by atoms with E-state index < -0.39 is 0 Å². The van der Waals surface area contributed by atoms with Crippen molar-refractivity contribution in [1.82, 2.24) is 0 Å². The van der Waals surface area contributed by atoms with Gasteiger partial charge < -0.3 is 0 Å². The van der Waals surface area contributed by atoms with Gasteiger partial charge in [-0.3, -0.25) is 0 Å². The zero-order chi connectivity index (χ0) is 4.15. The zero-order valence-corrected chi connectivity index (χ0v) is 6.15. The number of hydrogen-bond acceptors (Lipinski definition) is 0. The number of hydrogen-bond donors (Lipinski definition) is 0. The molecule has 2 unspecified atom stereocenters. The van der Waals surface area contributed by atoms with Crippen LogP contribution < -0.4 is 0 Å². The first-order valence-corrected chi connectivity index (χ1v) is 4.05. The molecule has 0 aromatic carbocycles. The topological polar surface area (TPSA) is 0 Å². The van der Waals surface area contributed by atoms with E-state index in [1.54, 1.807) is 12.8 Å². The Bertz CT molecular complexity index is 63.3. The van der Waals surface area contributed by atoms with Gasteiger partial charge in [0.05, 0.1) is 0 Å². The van der Waals surface area contributed by atoms with Gasteiger partial charge in [0.1, 0.15) is 0 Å². The smallest absolute Gasteiger partial charge is 0.00746 e. The van der Waals surface area contributed by atoms with Crippen LogP contribution in [0.2, 0.25) is 5.54 Å². The largest absolute Gasteiger partial charge is 0.0499 e. The van der Waals surface area contributed by atoms with Gasteiger partial charge in [-0.15, -0.1) is 0 Å². The fraction of sp³-hybridized carbons (Fsp3) is 1.00. The lowest BCUT2D eigenvalue weighted by Gasteiger charge is -2.04. The van der Waals surface area contributed by atoms with E-state index in [1.807, 2.05) is 0 Å². The summed E-state index contributed by atoms with van der Waals surface area (Å²) < 4.78 is 0. The van der Waals surface area contributed by atoms with Crippen LogP contribution >= 0.6 is 0 Å². The average Bonchev–Trinajstić information content (AvgIpc) is 1.63. The van der Waals surface area contributed by atoms with E-state index in [2.05, 4.69) is 0 Å². The third-order valence-corrected chi connectivity index (χ3v) is 4.31. The minimum Gasteiger partial charge on any atom is -0.0499 e. The molecular weight excluding hydrogens is 88.1 g/mol. The van der Waals surface area contributed by atoms with Gasteiger partial charge >= 0.3 is 0 Å². The summed E-state index contributed by atoms with van der Waals surface area (Å²) in [7, 11) is 1.49. The fourth-order valence-electron chi connectivity index (χ4n) is 1.71. The van der Waals surface area contributed by atoms with Crippen molar-refractivity contribution in [3.63, 3.8) is 0 Å². The molecule has 2 saturated carbocycles. The van der Waals surface area contributed by atoms with E-state index in [1.165, 1.54) is 27.6 Å². The van der Waals surface area contributed by atoms with Gasteiger partial charge in [-0.1, -0.05) is 0 Å². The van der Waals surface area contributed by atoms with Crippen LogP contribution in [-0.2, 0) is 0 Å². The highest BCUT2D eigenvalue weighted by molar-refractivity contribution is 6.14. The Balaban J connectivity index is 2.11. The minimum absolute atomic E-state index is 1.26. The van der Waals surface area contributed by atoms with Crippen molar-refractivity contribution in [3.05, 3.63) is 0 Å². The summed E-state index contributed by atoms with van der Waals surface area (Å²) in [5.74, 6) is 2.52.